The molecule has 0 aliphatic carbocycles. The van der Waals surface area contributed by atoms with Crippen LogP contribution in [0.3, 0.4) is 0 Å². The van der Waals surface area contributed by atoms with Crippen molar-refractivity contribution in [2.75, 3.05) is 11.3 Å². The lowest BCUT2D eigenvalue weighted by atomic mass is 10.1. The Hall–Kier alpha value is -3.11. The van der Waals surface area contributed by atoms with E-state index in [0.717, 1.165) is 16.9 Å². The van der Waals surface area contributed by atoms with Gasteiger partial charge in [0.25, 0.3) is 10.0 Å². The third-order valence-corrected chi connectivity index (χ3v) is 7.10. The van der Waals surface area contributed by atoms with Crippen molar-refractivity contribution in [3.8, 4) is 0 Å². The summed E-state index contributed by atoms with van der Waals surface area (Å²) in [7, 11) is -2.24. The first-order valence-electron chi connectivity index (χ1n) is 9.04. The number of aryl methyl sites for hydroxylation is 2. The molecule has 4 aromatic rings. The van der Waals surface area contributed by atoms with E-state index in [2.05, 4.69) is 4.72 Å². The van der Waals surface area contributed by atoms with Gasteiger partial charge in [-0.3, -0.25) is 9.52 Å². The molecule has 0 amide bonds. The van der Waals surface area contributed by atoms with Crippen LogP contribution in [0, 0.1) is 6.92 Å². The van der Waals surface area contributed by atoms with Crippen LogP contribution in [-0.2, 0) is 21.8 Å². The minimum Gasteiger partial charge on any atom is -0.460 e. The molecule has 0 fully saturated rings. The van der Waals surface area contributed by atoms with Crippen LogP contribution < -0.4 is 9.60 Å². The molecule has 2 heterocycles. The van der Waals surface area contributed by atoms with Gasteiger partial charge in [0, 0.05) is 18.0 Å². The molecule has 0 unspecified atom stereocenters. The molecule has 0 bridgehead atoms. The molecule has 0 aliphatic heterocycles. The molecular weight excluding hydrogens is 428 g/mol. The third kappa shape index (κ3) is 3.37. The highest BCUT2D eigenvalue weighted by molar-refractivity contribution is 7.92. The highest BCUT2D eigenvalue weighted by atomic mass is 32.2. The van der Waals surface area contributed by atoms with Crippen LogP contribution in [0.4, 0.5) is 5.69 Å². The Morgan fingerprint density at radius 1 is 1.23 bits per heavy atom. The number of nitrogens with one attached hydrogen (secondary N) is 1. The number of aromatic nitrogens is 1. The molecule has 2 aromatic carbocycles. The van der Waals surface area contributed by atoms with E-state index in [1.807, 2.05) is 0 Å². The van der Waals surface area contributed by atoms with Gasteiger partial charge in [0.15, 0.2) is 0 Å². The van der Waals surface area contributed by atoms with Gasteiger partial charge >= 0.3 is 10.8 Å². The summed E-state index contributed by atoms with van der Waals surface area (Å²) in [5.41, 5.74) is 1.98. The van der Waals surface area contributed by atoms with Crippen LogP contribution >= 0.6 is 11.3 Å². The van der Waals surface area contributed by atoms with Gasteiger partial charge in [-0.1, -0.05) is 11.3 Å². The molecule has 0 spiro atoms. The number of anilines is 1. The van der Waals surface area contributed by atoms with Gasteiger partial charge in [-0.2, -0.15) is 0 Å². The van der Waals surface area contributed by atoms with Gasteiger partial charge in [0.2, 0.25) is 5.76 Å². The SMILES string of the molecule is CCOC(=O)c1oc2ccc(S(=O)(=O)Nc3ccc4c(c3)sc(=O)n4C)cc2c1C. The largest absolute Gasteiger partial charge is 0.460 e. The van der Waals surface area contributed by atoms with Crippen LogP contribution in [0.15, 0.2) is 50.5 Å². The van der Waals surface area contributed by atoms with Gasteiger partial charge in [-0.05, 0) is 50.2 Å². The lowest BCUT2D eigenvalue weighted by Gasteiger charge is -2.08. The molecule has 8 nitrogen and oxygen atoms in total. The number of rotatable bonds is 5. The topological polar surface area (TPSA) is 108 Å². The van der Waals surface area contributed by atoms with Gasteiger partial charge in [-0.15, -0.1) is 0 Å². The standard InChI is InChI=1S/C20H18N2O6S2/c1-4-27-19(23)18-11(2)14-10-13(6-8-16(14)28-18)30(25,26)21-12-5-7-15-17(9-12)29-20(24)22(15)3/h5-10,21H,4H2,1-3H3. The smallest absolute Gasteiger partial charge is 0.374 e. The number of furan rings is 1. The summed E-state index contributed by atoms with van der Waals surface area (Å²) in [5, 5.41) is 0.512. The summed E-state index contributed by atoms with van der Waals surface area (Å²) in [6.07, 6.45) is 0. The number of esters is 1. The summed E-state index contributed by atoms with van der Waals surface area (Å²) in [6.45, 7) is 3.57. The zero-order chi connectivity index (χ0) is 21.6. The average Bonchev–Trinajstić information content (AvgIpc) is 3.18. The molecule has 30 heavy (non-hydrogen) atoms. The van der Waals surface area contributed by atoms with Crippen LogP contribution in [0.5, 0.6) is 0 Å². The van der Waals surface area contributed by atoms with Crippen LogP contribution in [0.1, 0.15) is 23.0 Å². The number of ether oxygens (including phenoxy) is 1. The molecule has 4 rings (SSSR count). The van der Waals surface area contributed by atoms with Crippen molar-refractivity contribution < 1.29 is 22.4 Å². The average molecular weight is 447 g/mol. The van der Waals surface area contributed by atoms with Gasteiger partial charge in [0.1, 0.15) is 5.58 Å². The predicted molar refractivity (Wildman–Crippen MR) is 115 cm³/mol. The molecule has 0 aliphatic rings. The van der Waals surface area contributed by atoms with Crippen molar-refractivity contribution in [1.82, 2.24) is 4.57 Å². The minimum atomic E-state index is -3.90. The summed E-state index contributed by atoms with van der Waals surface area (Å²) in [6, 6.07) is 9.29. The number of hydrogen-bond donors (Lipinski definition) is 1. The second-order valence-electron chi connectivity index (χ2n) is 6.65. The number of sulfonamides is 1. The fourth-order valence-electron chi connectivity index (χ4n) is 3.17. The minimum absolute atomic E-state index is 0.0238. The molecule has 0 saturated heterocycles. The van der Waals surface area contributed by atoms with Crippen molar-refractivity contribution in [2.24, 2.45) is 7.05 Å². The summed E-state index contributed by atoms with van der Waals surface area (Å²) in [4.78, 5) is 23.7. The number of carbonyl (C=O) groups excluding carboxylic acids is 1. The fraction of sp³-hybridized carbons (Fsp3) is 0.200. The zero-order valence-electron chi connectivity index (χ0n) is 16.4. The van der Waals surface area contributed by atoms with Crippen LogP contribution in [0.2, 0.25) is 0 Å². The maximum atomic E-state index is 12.9. The molecule has 0 saturated carbocycles. The Morgan fingerprint density at radius 2 is 2.00 bits per heavy atom. The number of hydrogen-bond acceptors (Lipinski definition) is 7. The van der Waals surface area contributed by atoms with Crippen molar-refractivity contribution >= 4 is 54.2 Å². The Kier molecular flexibility index (Phi) is 4.91. The molecule has 2 aromatic heterocycles. The Morgan fingerprint density at radius 3 is 2.73 bits per heavy atom. The number of fused-ring (bicyclic) bond motifs is 2. The normalized spacial score (nSPS) is 11.8. The molecule has 1 N–H and O–H groups in total. The van der Waals surface area contributed by atoms with Crippen LogP contribution in [0.25, 0.3) is 21.2 Å². The number of thiazole rings is 1. The summed E-state index contributed by atoms with van der Waals surface area (Å²) < 4.78 is 41.1. The Labute approximate surface area is 175 Å². The van der Waals surface area contributed by atoms with Crippen molar-refractivity contribution in [2.45, 2.75) is 18.7 Å². The van der Waals surface area contributed by atoms with Crippen LogP contribution in [-0.4, -0.2) is 25.6 Å². The number of benzene rings is 2. The maximum Gasteiger partial charge on any atom is 0.374 e. The first-order valence-corrected chi connectivity index (χ1v) is 11.3. The van der Waals surface area contributed by atoms with Crippen molar-refractivity contribution in [1.29, 1.82) is 0 Å². The first-order chi connectivity index (χ1) is 14.2. The van der Waals surface area contributed by atoms with E-state index < -0.39 is 16.0 Å². The quantitative estimate of drug-likeness (QED) is 0.469. The second kappa shape index (κ2) is 7.29. The molecule has 0 atom stereocenters. The highest BCUT2D eigenvalue weighted by Gasteiger charge is 2.22. The number of nitrogens with zero attached hydrogens (tertiary/aromatic N) is 1. The lowest BCUT2D eigenvalue weighted by molar-refractivity contribution is 0.0491. The summed E-state index contributed by atoms with van der Waals surface area (Å²) in [5.74, 6) is -0.539. The third-order valence-electron chi connectivity index (χ3n) is 4.72. The van der Waals surface area contributed by atoms with Gasteiger partial charge in [-0.25, -0.2) is 13.2 Å². The van der Waals surface area contributed by atoms with E-state index in [1.165, 1.54) is 22.8 Å². The van der Waals surface area contributed by atoms with Gasteiger partial charge in [0.05, 0.1) is 27.4 Å². The molecule has 0 radical (unpaired) electrons. The van der Waals surface area contributed by atoms with Crippen molar-refractivity contribution in [3.63, 3.8) is 0 Å². The molecule has 10 heteroatoms. The summed E-state index contributed by atoms with van der Waals surface area (Å²) >= 11 is 1.04. The number of carbonyl (C=O) groups is 1. The van der Waals surface area contributed by atoms with E-state index in [4.69, 9.17) is 9.15 Å². The fourth-order valence-corrected chi connectivity index (χ4v) is 5.16. The zero-order valence-corrected chi connectivity index (χ0v) is 18.0. The maximum absolute atomic E-state index is 12.9. The predicted octanol–water partition coefficient (Wildman–Crippen LogP) is 3.63. The second-order valence-corrected chi connectivity index (χ2v) is 9.33. The monoisotopic (exact) mass is 446 g/mol. The first kappa shape index (κ1) is 20.2. The van der Waals surface area contributed by atoms with E-state index in [9.17, 15) is 18.0 Å². The van der Waals surface area contributed by atoms with E-state index in [-0.39, 0.29) is 22.1 Å². The Bertz CT molecular complexity index is 1460. The van der Waals surface area contributed by atoms with Crippen molar-refractivity contribution in [3.05, 3.63) is 57.4 Å². The molecule has 156 valence electrons. The van der Waals surface area contributed by atoms with E-state index >= 15 is 0 Å². The van der Waals surface area contributed by atoms with E-state index in [1.54, 1.807) is 39.1 Å². The van der Waals surface area contributed by atoms with E-state index in [0.29, 0.717) is 26.9 Å². The van der Waals surface area contributed by atoms with Gasteiger partial charge < -0.3 is 13.7 Å². The lowest BCUT2D eigenvalue weighted by Crippen LogP contribution is -2.12. The highest BCUT2D eigenvalue weighted by Crippen LogP contribution is 2.29. The Balaban J connectivity index is 1.71. The molecular formula is C20H18N2O6S2.